The lowest BCUT2D eigenvalue weighted by Gasteiger charge is -2.04. The molecule has 0 aliphatic rings. The predicted molar refractivity (Wildman–Crippen MR) is 66.1 cm³/mol. The molecule has 0 atom stereocenters. The minimum atomic E-state index is 0.517. The Balaban J connectivity index is 2.29. The van der Waals surface area contributed by atoms with E-state index in [1.54, 1.807) is 6.20 Å². The van der Waals surface area contributed by atoms with Crippen LogP contribution >= 0.6 is 11.6 Å². The molecule has 0 bridgehead atoms. The first kappa shape index (κ1) is 9.43. The second kappa shape index (κ2) is 3.65. The van der Waals surface area contributed by atoms with Gasteiger partial charge in [0.15, 0.2) is 0 Å². The standard InChI is InChI=1S/C13H9ClN2/c14-13-8-12-10(9-15-13)6-7-16(12)11-4-2-1-3-5-11/h1-9H. The van der Waals surface area contributed by atoms with Crippen LogP contribution < -0.4 is 0 Å². The van der Waals surface area contributed by atoms with Crippen LogP contribution in [0.2, 0.25) is 5.15 Å². The Morgan fingerprint density at radius 3 is 2.69 bits per heavy atom. The molecule has 2 heterocycles. The average molecular weight is 229 g/mol. The molecule has 0 saturated heterocycles. The van der Waals surface area contributed by atoms with Gasteiger partial charge in [0.05, 0.1) is 5.52 Å². The molecule has 0 aliphatic heterocycles. The number of rotatable bonds is 1. The van der Waals surface area contributed by atoms with E-state index in [1.807, 2.05) is 36.5 Å². The highest BCUT2D eigenvalue weighted by Gasteiger charge is 2.03. The molecule has 3 rings (SSSR count). The highest BCUT2D eigenvalue weighted by molar-refractivity contribution is 6.30. The summed E-state index contributed by atoms with van der Waals surface area (Å²) in [5.41, 5.74) is 2.20. The van der Waals surface area contributed by atoms with Gasteiger partial charge >= 0.3 is 0 Å². The Bertz CT molecular complexity index is 629. The third-order valence-electron chi connectivity index (χ3n) is 2.58. The maximum Gasteiger partial charge on any atom is 0.131 e. The molecule has 3 heteroatoms. The zero-order valence-corrected chi connectivity index (χ0v) is 9.22. The van der Waals surface area contributed by atoms with Gasteiger partial charge < -0.3 is 4.57 Å². The fraction of sp³-hybridized carbons (Fsp3) is 0. The molecule has 0 radical (unpaired) electrons. The van der Waals surface area contributed by atoms with Crippen molar-refractivity contribution in [3.05, 3.63) is 60.0 Å². The number of benzene rings is 1. The van der Waals surface area contributed by atoms with E-state index >= 15 is 0 Å². The van der Waals surface area contributed by atoms with Crippen molar-refractivity contribution in [2.24, 2.45) is 0 Å². The van der Waals surface area contributed by atoms with Crippen molar-refractivity contribution < 1.29 is 0 Å². The lowest BCUT2D eigenvalue weighted by atomic mass is 10.3. The van der Waals surface area contributed by atoms with Gasteiger partial charge in [0, 0.05) is 29.5 Å². The van der Waals surface area contributed by atoms with Crippen molar-refractivity contribution in [2.45, 2.75) is 0 Å². The van der Waals surface area contributed by atoms with Crippen molar-refractivity contribution in [1.82, 2.24) is 9.55 Å². The summed E-state index contributed by atoms with van der Waals surface area (Å²) in [6.07, 6.45) is 3.81. The number of pyridine rings is 1. The molecule has 16 heavy (non-hydrogen) atoms. The van der Waals surface area contributed by atoms with Crippen LogP contribution in [0, 0.1) is 0 Å². The number of aromatic nitrogens is 2. The highest BCUT2D eigenvalue weighted by Crippen LogP contribution is 2.21. The van der Waals surface area contributed by atoms with E-state index in [9.17, 15) is 0 Å². The molecule has 0 N–H and O–H groups in total. The monoisotopic (exact) mass is 228 g/mol. The summed E-state index contributed by atoms with van der Waals surface area (Å²) in [5, 5.41) is 1.61. The van der Waals surface area contributed by atoms with E-state index < -0.39 is 0 Å². The predicted octanol–water partition coefficient (Wildman–Crippen LogP) is 3.68. The van der Waals surface area contributed by atoms with E-state index in [2.05, 4.69) is 21.7 Å². The summed E-state index contributed by atoms with van der Waals surface area (Å²) < 4.78 is 2.10. The fourth-order valence-corrected chi connectivity index (χ4v) is 1.97. The van der Waals surface area contributed by atoms with Crippen molar-refractivity contribution in [2.75, 3.05) is 0 Å². The largest absolute Gasteiger partial charge is 0.316 e. The Hall–Kier alpha value is -1.80. The number of halogens is 1. The van der Waals surface area contributed by atoms with Crippen molar-refractivity contribution in [3.8, 4) is 5.69 Å². The fourth-order valence-electron chi connectivity index (χ4n) is 1.82. The van der Waals surface area contributed by atoms with Gasteiger partial charge in [-0.15, -0.1) is 0 Å². The summed E-state index contributed by atoms with van der Waals surface area (Å²) in [6, 6.07) is 14.1. The first-order valence-electron chi connectivity index (χ1n) is 5.02. The third-order valence-corrected chi connectivity index (χ3v) is 2.78. The minimum absolute atomic E-state index is 0.517. The molecule has 3 aromatic rings. The molecule has 0 aliphatic carbocycles. The maximum absolute atomic E-state index is 5.91. The first-order valence-corrected chi connectivity index (χ1v) is 5.40. The number of para-hydroxylation sites is 1. The van der Waals surface area contributed by atoms with E-state index in [0.717, 1.165) is 16.6 Å². The average Bonchev–Trinajstić information content (AvgIpc) is 2.73. The van der Waals surface area contributed by atoms with Crippen LogP contribution in [0.3, 0.4) is 0 Å². The van der Waals surface area contributed by atoms with Gasteiger partial charge in [-0.2, -0.15) is 0 Å². The Morgan fingerprint density at radius 2 is 1.88 bits per heavy atom. The molecule has 0 fully saturated rings. The van der Waals surface area contributed by atoms with Crippen molar-refractivity contribution in [1.29, 1.82) is 0 Å². The summed E-state index contributed by atoms with van der Waals surface area (Å²) in [6.45, 7) is 0. The minimum Gasteiger partial charge on any atom is -0.316 e. The van der Waals surface area contributed by atoms with Crippen LogP contribution in [-0.4, -0.2) is 9.55 Å². The lowest BCUT2D eigenvalue weighted by molar-refractivity contribution is 1.12. The topological polar surface area (TPSA) is 17.8 Å². The number of nitrogens with zero attached hydrogens (tertiary/aromatic N) is 2. The molecule has 1 aromatic carbocycles. The molecular weight excluding hydrogens is 220 g/mol. The van der Waals surface area contributed by atoms with Gasteiger partial charge in [0.1, 0.15) is 5.15 Å². The second-order valence-electron chi connectivity index (χ2n) is 3.59. The summed E-state index contributed by atoms with van der Waals surface area (Å²) in [7, 11) is 0. The molecule has 0 amide bonds. The van der Waals surface area contributed by atoms with Crippen LogP contribution in [-0.2, 0) is 0 Å². The van der Waals surface area contributed by atoms with Crippen LogP contribution in [0.15, 0.2) is 54.9 Å². The summed E-state index contributed by atoms with van der Waals surface area (Å²) >= 11 is 5.91. The molecule has 0 unspecified atom stereocenters. The smallest absolute Gasteiger partial charge is 0.131 e. The van der Waals surface area contributed by atoms with E-state index in [4.69, 9.17) is 11.6 Å². The molecule has 0 spiro atoms. The first-order chi connectivity index (χ1) is 7.84. The zero-order valence-electron chi connectivity index (χ0n) is 8.47. The van der Waals surface area contributed by atoms with E-state index in [-0.39, 0.29) is 0 Å². The third kappa shape index (κ3) is 1.48. The van der Waals surface area contributed by atoms with Crippen LogP contribution in [0.1, 0.15) is 0 Å². The van der Waals surface area contributed by atoms with Gasteiger partial charge in [-0.3, -0.25) is 0 Å². The number of fused-ring (bicyclic) bond motifs is 1. The molecule has 2 aromatic heterocycles. The Labute approximate surface area is 98.1 Å². The van der Waals surface area contributed by atoms with Gasteiger partial charge in [-0.25, -0.2) is 4.98 Å². The quantitative estimate of drug-likeness (QED) is 0.581. The molecule has 2 nitrogen and oxygen atoms in total. The van der Waals surface area contributed by atoms with Gasteiger partial charge in [0.2, 0.25) is 0 Å². The lowest BCUT2D eigenvalue weighted by Crippen LogP contribution is -1.90. The van der Waals surface area contributed by atoms with E-state index in [0.29, 0.717) is 5.15 Å². The normalized spacial score (nSPS) is 10.8. The van der Waals surface area contributed by atoms with E-state index in [1.165, 1.54) is 0 Å². The molecule has 0 saturated carbocycles. The van der Waals surface area contributed by atoms with Gasteiger partial charge in [0.25, 0.3) is 0 Å². The summed E-state index contributed by atoms with van der Waals surface area (Å²) in [4.78, 5) is 4.07. The Kier molecular flexibility index (Phi) is 2.15. The molecule has 78 valence electrons. The van der Waals surface area contributed by atoms with Gasteiger partial charge in [-0.1, -0.05) is 29.8 Å². The highest BCUT2D eigenvalue weighted by atomic mass is 35.5. The number of hydrogen-bond acceptors (Lipinski definition) is 1. The SMILES string of the molecule is Clc1cc2c(ccn2-c2ccccc2)cn1. The second-order valence-corrected chi connectivity index (χ2v) is 3.97. The van der Waals surface area contributed by atoms with Crippen LogP contribution in [0.25, 0.3) is 16.6 Å². The van der Waals surface area contributed by atoms with Crippen LogP contribution in [0.4, 0.5) is 0 Å². The Morgan fingerprint density at radius 1 is 1.06 bits per heavy atom. The van der Waals surface area contributed by atoms with Crippen molar-refractivity contribution in [3.63, 3.8) is 0 Å². The molecular formula is C13H9ClN2. The maximum atomic E-state index is 5.91. The van der Waals surface area contributed by atoms with Gasteiger partial charge in [-0.05, 0) is 18.2 Å². The number of hydrogen-bond donors (Lipinski definition) is 0. The van der Waals surface area contributed by atoms with Crippen molar-refractivity contribution >= 4 is 22.5 Å². The zero-order chi connectivity index (χ0) is 11.0. The van der Waals surface area contributed by atoms with Crippen LogP contribution in [0.5, 0.6) is 0 Å². The summed E-state index contributed by atoms with van der Waals surface area (Å²) in [5.74, 6) is 0.